The van der Waals surface area contributed by atoms with Crippen molar-refractivity contribution in [1.82, 2.24) is 4.98 Å². The van der Waals surface area contributed by atoms with Crippen molar-refractivity contribution in [3.63, 3.8) is 0 Å². The van der Waals surface area contributed by atoms with Gasteiger partial charge >= 0.3 is 11.2 Å². The lowest BCUT2D eigenvalue weighted by Crippen LogP contribution is -2.10. The predicted molar refractivity (Wildman–Crippen MR) is 61.2 cm³/mol. The van der Waals surface area contributed by atoms with Gasteiger partial charge in [0.25, 0.3) is 0 Å². The molecule has 15 heavy (non-hydrogen) atoms. The van der Waals surface area contributed by atoms with Gasteiger partial charge in [0.15, 0.2) is 0 Å². The summed E-state index contributed by atoms with van der Waals surface area (Å²) in [5, 5.41) is 11.3. The summed E-state index contributed by atoms with van der Waals surface area (Å²) in [6, 6.07) is 1.25. The molecule has 80 valence electrons. The lowest BCUT2D eigenvalue weighted by Gasteiger charge is -1.93. The third-order valence-corrected chi connectivity index (χ3v) is 2.15. The molecule has 1 rings (SSSR count). The number of allylic oxidation sites excluding steroid dienone is 1. The van der Waals surface area contributed by atoms with E-state index in [1.54, 1.807) is 6.08 Å². The summed E-state index contributed by atoms with van der Waals surface area (Å²) in [6.07, 6.45) is 5.86. The molecule has 0 aliphatic carbocycles. The Hall–Kier alpha value is -1.43. The first-order chi connectivity index (χ1) is 7.15. The van der Waals surface area contributed by atoms with Gasteiger partial charge in [0, 0.05) is 17.6 Å². The van der Waals surface area contributed by atoms with E-state index in [1.165, 1.54) is 12.3 Å². The Morgan fingerprint density at radius 3 is 2.93 bits per heavy atom. The molecule has 1 aromatic heterocycles. The van der Waals surface area contributed by atoms with Crippen molar-refractivity contribution in [3.05, 3.63) is 44.4 Å². The van der Waals surface area contributed by atoms with E-state index in [-0.39, 0.29) is 0 Å². The Bertz CT molecular complexity index is 439. The maximum Gasteiger partial charge on any atom is 0.334 e. The number of aromatic amines is 1. The fourth-order valence-corrected chi connectivity index (χ4v) is 1.27. The monoisotopic (exact) mass is 272 g/mol. The highest BCUT2D eigenvalue weighted by molar-refractivity contribution is 9.09. The molecule has 0 spiro atoms. The second kappa shape index (κ2) is 5.45. The Morgan fingerprint density at radius 2 is 2.33 bits per heavy atom. The first kappa shape index (κ1) is 11.6. The molecule has 0 unspecified atom stereocenters. The molecule has 0 atom stereocenters. The van der Waals surface area contributed by atoms with Gasteiger partial charge in [-0.15, -0.1) is 0 Å². The first-order valence-corrected chi connectivity index (χ1v) is 5.37. The van der Waals surface area contributed by atoms with E-state index in [1.807, 2.05) is 6.08 Å². The maximum absolute atomic E-state index is 11.0. The van der Waals surface area contributed by atoms with E-state index in [9.17, 15) is 14.9 Å². The van der Waals surface area contributed by atoms with Crippen LogP contribution in [0.2, 0.25) is 0 Å². The number of halogens is 1. The largest absolute Gasteiger partial charge is 0.334 e. The molecule has 1 aromatic rings. The van der Waals surface area contributed by atoms with Crippen LogP contribution in [-0.2, 0) is 0 Å². The number of hydrogen-bond donors (Lipinski definition) is 1. The van der Waals surface area contributed by atoms with E-state index < -0.39 is 16.2 Å². The fraction of sp³-hybridized carbons (Fsp3) is 0.222. The molecule has 5 nitrogen and oxygen atoms in total. The number of rotatable bonds is 4. The molecular weight excluding hydrogens is 264 g/mol. The molecule has 0 aliphatic heterocycles. The Morgan fingerprint density at radius 1 is 1.60 bits per heavy atom. The molecule has 0 fully saturated rings. The highest BCUT2D eigenvalue weighted by atomic mass is 79.9. The number of nitrogens with one attached hydrogen (secondary N) is 1. The lowest BCUT2D eigenvalue weighted by molar-refractivity contribution is -0.386. The zero-order valence-corrected chi connectivity index (χ0v) is 9.36. The zero-order valence-electron chi connectivity index (χ0n) is 7.77. The number of alkyl halides is 1. The Kier molecular flexibility index (Phi) is 4.23. The van der Waals surface area contributed by atoms with Crippen molar-refractivity contribution < 1.29 is 4.92 Å². The van der Waals surface area contributed by atoms with Gasteiger partial charge in [0.2, 0.25) is 0 Å². The van der Waals surface area contributed by atoms with Gasteiger partial charge in [-0.25, -0.2) is 0 Å². The molecule has 0 amide bonds. The highest BCUT2D eigenvalue weighted by Crippen LogP contribution is 2.08. The van der Waals surface area contributed by atoms with Crippen LogP contribution < -0.4 is 5.56 Å². The fourth-order valence-electron chi connectivity index (χ4n) is 1.00. The molecular formula is C9H9BrN2O3. The van der Waals surface area contributed by atoms with Gasteiger partial charge in [-0.1, -0.05) is 28.1 Å². The number of nitrogens with zero attached hydrogens (tertiary/aromatic N) is 1. The second-order valence-electron chi connectivity index (χ2n) is 2.78. The van der Waals surface area contributed by atoms with Crippen molar-refractivity contribution in [1.29, 1.82) is 0 Å². The normalized spacial score (nSPS) is 10.7. The molecule has 0 aromatic carbocycles. The van der Waals surface area contributed by atoms with Crippen LogP contribution >= 0.6 is 15.9 Å². The van der Waals surface area contributed by atoms with Gasteiger partial charge < -0.3 is 4.98 Å². The van der Waals surface area contributed by atoms with Crippen molar-refractivity contribution in [2.45, 2.75) is 6.42 Å². The number of hydrogen-bond acceptors (Lipinski definition) is 3. The van der Waals surface area contributed by atoms with Crippen molar-refractivity contribution in [2.75, 3.05) is 5.33 Å². The van der Waals surface area contributed by atoms with Crippen molar-refractivity contribution in [3.8, 4) is 0 Å². The van der Waals surface area contributed by atoms with Gasteiger partial charge in [-0.2, -0.15) is 0 Å². The number of pyridine rings is 1. The van der Waals surface area contributed by atoms with Gasteiger partial charge in [0.1, 0.15) is 0 Å². The minimum Gasteiger partial charge on any atom is -0.323 e. The van der Waals surface area contributed by atoms with E-state index in [4.69, 9.17) is 0 Å². The summed E-state index contributed by atoms with van der Waals surface area (Å²) >= 11 is 3.25. The second-order valence-corrected chi connectivity index (χ2v) is 3.58. The number of H-pyrrole nitrogens is 1. The van der Waals surface area contributed by atoms with Crippen LogP contribution in [0, 0.1) is 10.1 Å². The van der Waals surface area contributed by atoms with Gasteiger partial charge in [0.05, 0.1) is 4.92 Å². The number of nitro groups is 1. The Balaban J connectivity index is 2.98. The summed E-state index contributed by atoms with van der Waals surface area (Å²) in [5.41, 5.74) is -0.504. The highest BCUT2D eigenvalue weighted by Gasteiger charge is 2.11. The summed E-state index contributed by atoms with van der Waals surface area (Å²) in [4.78, 5) is 23.1. The standard InChI is InChI=1S/C9H9BrN2O3/c10-4-2-1-3-7-5-8(12(14)15)9(13)11-6-7/h1,3,5-6H,2,4H2,(H,11,13). The third kappa shape index (κ3) is 3.32. The summed E-state index contributed by atoms with van der Waals surface area (Å²) in [7, 11) is 0. The minimum absolute atomic E-state index is 0.434. The van der Waals surface area contributed by atoms with Crippen LogP contribution in [-0.4, -0.2) is 15.2 Å². The Labute approximate surface area is 94.1 Å². The molecule has 0 bridgehead atoms. The van der Waals surface area contributed by atoms with Crippen LogP contribution in [0.25, 0.3) is 6.08 Å². The number of aromatic nitrogens is 1. The van der Waals surface area contributed by atoms with Crippen LogP contribution in [0.1, 0.15) is 12.0 Å². The quantitative estimate of drug-likeness (QED) is 0.518. The summed E-state index contributed by atoms with van der Waals surface area (Å²) in [6.45, 7) is 0. The van der Waals surface area contributed by atoms with Crippen LogP contribution in [0.5, 0.6) is 0 Å². The van der Waals surface area contributed by atoms with Crippen LogP contribution in [0.4, 0.5) is 5.69 Å². The molecule has 1 N–H and O–H groups in total. The molecule has 1 heterocycles. The lowest BCUT2D eigenvalue weighted by atomic mass is 10.2. The summed E-state index contributed by atoms with van der Waals surface area (Å²) < 4.78 is 0. The molecule has 0 aliphatic rings. The van der Waals surface area contributed by atoms with E-state index in [2.05, 4.69) is 20.9 Å². The molecule has 0 saturated carbocycles. The summed E-state index contributed by atoms with van der Waals surface area (Å²) in [5.74, 6) is 0. The van der Waals surface area contributed by atoms with Gasteiger partial charge in [-0.3, -0.25) is 14.9 Å². The van der Waals surface area contributed by atoms with Crippen molar-refractivity contribution in [2.24, 2.45) is 0 Å². The average molecular weight is 273 g/mol. The van der Waals surface area contributed by atoms with E-state index in [0.29, 0.717) is 5.56 Å². The van der Waals surface area contributed by atoms with Crippen LogP contribution in [0.15, 0.2) is 23.1 Å². The average Bonchev–Trinajstić information content (AvgIpc) is 2.20. The van der Waals surface area contributed by atoms with E-state index in [0.717, 1.165) is 11.8 Å². The predicted octanol–water partition coefficient (Wildman–Crippen LogP) is 2.08. The molecule has 0 radical (unpaired) electrons. The van der Waals surface area contributed by atoms with Gasteiger partial charge in [-0.05, 0) is 12.0 Å². The molecule has 6 heteroatoms. The molecule has 0 saturated heterocycles. The third-order valence-electron chi connectivity index (χ3n) is 1.69. The zero-order chi connectivity index (χ0) is 11.3. The van der Waals surface area contributed by atoms with Crippen molar-refractivity contribution >= 4 is 27.7 Å². The smallest absolute Gasteiger partial charge is 0.323 e. The SMILES string of the molecule is O=c1[nH]cc(C=CCCBr)cc1[N+](=O)[O-]. The minimum atomic E-state index is -0.694. The first-order valence-electron chi connectivity index (χ1n) is 4.25. The topological polar surface area (TPSA) is 76.0 Å². The van der Waals surface area contributed by atoms with E-state index >= 15 is 0 Å². The van der Waals surface area contributed by atoms with Crippen LogP contribution in [0.3, 0.4) is 0 Å². The maximum atomic E-state index is 11.0.